The molecule has 7 nitrogen and oxygen atoms in total. The predicted molar refractivity (Wildman–Crippen MR) is 97.3 cm³/mol. The third-order valence-electron chi connectivity index (χ3n) is 4.10. The van der Waals surface area contributed by atoms with Gasteiger partial charge in [0, 0.05) is 11.3 Å². The molecule has 0 unspecified atom stereocenters. The molecule has 1 heterocycles. The monoisotopic (exact) mass is 399 g/mol. The molecule has 0 radical (unpaired) electrons. The van der Waals surface area contributed by atoms with Crippen LogP contribution in [0.5, 0.6) is 0 Å². The third-order valence-corrected chi connectivity index (χ3v) is 4.40. The summed E-state index contributed by atoms with van der Waals surface area (Å²) in [5.74, 6) is -0.420. The molecule has 1 aromatic carbocycles. The minimum atomic E-state index is -4.52. The summed E-state index contributed by atoms with van der Waals surface area (Å²) in [6, 6.07) is 4.53. The zero-order valence-corrected chi connectivity index (χ0v) is 14.8. The number of guanidine groups is 2. The second kappa shape index (κ2) is 7.10. The van der Waals surface area contributed by atoms with Gasteiger partial charge in [0.15, 0.2) is 11.7 Å². The molecule has 1 aliphatic rings. The van der Waals surface area contributed by atoms with E-state index in [1.54, 1.807) is 6.07 Å². The number of aliphatic imine (C=N–C) groups is 2. The number of benzene rings is 1. The first-order chi connectivity index (χ1) is 12.7. The molecule has 0 atom stereocenters. The number of aromatic nitrogens is 2. The molecule has 0 spiro atoms. The lowest BCUT2D eigenvalue weighted by atomic mass is 9.95. The third kappa shape index (κ3) is 4.00. The molecule has 0 bridgehead atoms. The fraction of sp³-hybridized carbons (Fsp3) is 0.312. The van der Waals surface area contributed by atoms with Crippen molar-refractivity contribution in [1.82, 2.24) is 9.78 Å². The summed E-state index contributed by atoms with van der Waals surface area (Å²) in [5.41, 5.74) is 16.6. The summed E-state index contributed by atoms with van der Waals surface area (Å²) in [4.78, 5) is 7.56. The maximum absolute atomic E-state index is 13.3. The Bertz CT molecular complexity index is 927. The highest BCUT2D eigenvalue weighted by molar-refractivity contribution is 6.32. The van der Waals surface area contributed by atoms with Crippen LogP contribution in [0.3, 0.4) is 0 Å². The number of hydrogen-bond donors (Lipinski definition) is 3. The highest BCUT2D eigenvalue weighted by Crippen LogP contribution is 2.38. The van der Waals surface area contributed by atoms with Crippen LogP contribution in [0.15, 0.2) is 28.2 Å². The van der Waals surface area contributed by atoms with Gasteiger partial charge in [-0.2, -0.15) is 23.3 Å². The molecule has 0 saturated heterocycles. The maximum Gasteiger partial charge on any atom is 0.435 e. The zero-order valence-electron chi connectivity index (χ0n) is 14.1. The Morgan fingerprint density at radius 2 is 1.85 bits per heavy atom. The van der Waals surface area contributed by atoms with Crippen LogP contribution in [0.1, 0.15) is 29.8 Å². The van der Waals surface area contributed by atoms with Crippen LogP contribution >= 0.6 is 11.6 Å². The number of hydrogen-bond acceptors (Lipinski definition) is 2. The van der Waals surface area contributed by atoms with Gasteiger partial charge >= 0.3 is 6.18 Å². The smallest absolute Gasteiger partial charge is 0.370 e. The fourth-order valence-electron chi connectivity index (χ4n) is 3.05. The van der Waals surface area contributed by atoms with E-state index < -0.39 is 11.9 Å². The van der Waals surface area contributed by atoms with Crippen molar-refractivity contribution in [2.45, 2.75) is 31.9 Å². The summed E-state index contributed by atoms with van der Waals surface area (Å²) in [6.45, 7) is 0. The van der Waals surface area contributed by atoms with E-state index in [1.165, 1.54) is 16.8 Å². The molecule has 1 aliphatic carbocycles. The lowest BCUT2D eigenvalue weighted by Gasteiger charge is -2.15. The van der Waals surface area contributed by atoms with Crippen molar-refractivity contribution in [2.75, 3.05) is 0 Å². The van der Waals surface area contributed by atoms with E-state index in [0.29, 0.717) is 36.3 Å². The molecule has 27 heavy (non-hydrogen) atoms. The maximum atomic E-state index is 13.3. The van der Waals surface area contributed by atoms with E-state index in [9.17, 15) is 13.2 Å². The SMILES string of the molecule is NC(N)=NC(N)=Nc1ccc(-n2nc(C(F)(F)F)c3c2CCCC3)c(Cl)c1. The number of nitrogens with two attached hydrogens (primary N) is 3. The van der Waals surface area contributed by atoms with Crippen LogP contribution in [0.4, 0.5) is 18.9 Å². The van der Waals surface area contributed by atoms with E-state index in [4.69, 9.17) is 28.8 Å². The van der Waals surface area contributed by atoms with Crippen LogP contribution < -0.4 is 17.2 Å². The Morgan fingerprint density at radius 1 is 1.15 bits per heavy atom. The first-order valence-corrected chi connectivity index (χ1v) is 8.46. The summed E-state index contributed by atoms with van der Waals surface area (Å²) < 4.78 is 41.3. The Morgan fingerprint density at radius 3 is 2.48 bits per heavy atom. The van der Waals surface area contributed by atoms with Gasteiger partial charge in [0.25, 0.3) is 0 Å². The standard InChI is InChI=1S/C16H17ClF3N7/c17-10-7-8(24-15(23)25-14(21)22)5-6-12(10)27-11-4-2-1-3-9(11)13(26-27)16(18,19)20/h5-7H,1-4H2,(H6,21,22,23,24,25). The number of rotatable bonds is 2. The Balaban J connectivity index is 2.05. The van der Waals surface area contributed by atoms with E-state index >= 15 is 0 Å². The van der Waals surface area contributed by atoms with E-state index in [-0.39, 0.29) is 22.5 Å². The minimum absolute atomic E-state index is 0.172. The van der Waals surface area contributed by atoms with E-state index in [2.05, 4.69) is 15.1 Å². The van der Waals surface area contributed by atoms with Gasteiger partial charge in [-0.3, -0.25) is 0 Å². The molecular weight excluding hydrogens is 383 g/mol. The van der Waals surface area contributed by atoms with Gasteiger partial charge in [0.05, 0.1) is 16.4 Å². The van der Waals surface area contributed by atoms with Crippen molar-refractivity contribution in [1.29, 1.82) is 0 Å². The average Bonchev–Trinajstić information content (AvgIpc) is 2.94. The number of halogens is 4. The molecule has 6 N–H and O–H groups in total. The van der Waals surface area contributed by atoms with Crippen molar-refractivity contribution in [2.24, 2.45) is 27.2 Å². The molecule has 3 rings (SSSR count). The van der Waals surface area contributed by atoms with Crippen molar-refractivity contribution in [3.8, 4) is 5.69 Å². The quantitative estimate of drug-likeness (QED) is 0.531. The molecule has 0 aliphatic heterocycles. The highest BCUT2D eigenvalue weighted by atomic mass is 35.5. The first kappa shape index (κ1) is 19.0. The topological polar surface area (TPSA) is 121 Å². The van der Waals surface area contributed by atoms with Gasteiger partial charge in [0.1, 0.15) is 0 Å². The fourth-order valence-corrected chi connectivity index (χ4v) is 3.31. The number of alkyl halides is 3. The molecule has 0 fully saturated rings. The molecule has 0 amide bonds. The minimum Gasteiger partial charge on any atom is -0.370 e. The van der Waals surface area contributed by atoms with Crippen molar-refractivity contribution in [3.05, 3.63) is 40.2 Å². The molecule has 2 aromatic rings. The van der Waals surface area contributed by atoms with Gasteiger partial charge in [-0.15, -0.1) is 0 Å². The Kier molecular flexibility index (Phi) is 5.01. The van der Waals surface area contributed by atoms with Gasteiger partial charge in [-0.1, -0.05) is 11.6 Å². The Labute approximate surface area is 157 Å². The number of nitrogens with zero attached hydrogens (tertiary/aromatic N) is 4. The van der Waals surface area contributed by atoms with Crippen LogP contribution in [-0.4, -0.2) is 21.7 Å². The van der Waals surface area contributed by atoms with Crippen LogP contribution in [0.25, 0.3) is 5.69 Å². The highest BCUT2D eigenvalue weighted by Gasteiger charge is 2.39. The summed E-state index contributed by atoms with van der Waals surface area (Å²) in [7, 11) is 0. The first-order valence-electron chi connectivity index (χ1n) is 8.08. The summed E-state index contributed by atoms with van der Waals surface area (Å²) in [5, 5.41) is 3.99. The normalized spacial score (nSPS) is 14.7. The van der Waals surface area contributed by atoms with Gasteiger partial charge < -0.3 is 17.2 Å². The van der Waals surface area contributed by atoms with E-state index in [0.717, 1.165) is 6.42 Å². The molecule has 11 heteroatoms. The average molecular weight is 400 g/mol. The second-order valence-corrected chi connectivity index (χ2v) is 6.44. The molecular formula is C16H17ClF3N7. The van der Waals surface area contributed by atoms with Crippen LogP contribution in [0, 0.1) is 0 Å². The van der Waals surface area contributed by atoms with E-state index in [1.807, 2.05) is 0 Å². The number of fused-ring (bicyclic) bond motifs is 1. The largest absolute Gasteiger partial charge is 0.435 e. The van der Waals surface area contributed by atoms with Crippen molar-refractivity contribution >= 4 is 29.2 Å². The predicted octanol–water partition coefficient (Wildman–Crippen LogP) is 2.64. The molecule has 1 aromatic heterocycles. The molecule has 0 saturated carbocycles. The van der Waals surface area contributed by atoms with Crippen LogP contribution in [-0.2, 0) is 19.0 Å². The Hall–Kier alpha value is -2.75. The van der Waals surface area contributed by atoms with Gasteiger partial charge in [-0.05, 0) is 43.9 Å². The zero-order chi connectivity index (χ0) is 19.8. The summed E-state index contributed by atoms with van der Waals surface area (Å²) in [6.07, 6.45) is -2.17. The lowest BCUT2D eigenvalue weighted by Crippen LogP contribution is -2.26. The van der Waals surface area contributed by atoms with Crippen molar-refractivity contribution < 1.29 is 13.2 Å². The van der Waals surface area contributed by atoms with Gasteiger partial charge in [-0.25, -0.2) is 9.67 Å². The second-order valence-electron chi connectivity index (χ2n) is 6.03. The summed E-state index contributed by atoms with van der Waals surface area (Å²) >= 11 is 6.28. The van der Waals surface area contributed by atoms with Crippen LogP contribution in [0.2, 0.25) is 5.02 Å². The van der Waals surface area contributed by atoms with Gasteiger partial charge in [0.2, 0.25) is 5.96 Å². The molecule has 144 valence electrons. The lowest BCUT2D eigenvalue weighted by molar-refractivity contribution is -0.142. The van der Waals surface area contributed by atoms with Crippen molar-refractivity contribution in [3.63, 3.8) is 0 Å².